The number of phenols is 2. The molecule has 31 heteroatoms. The van der Waals surface area contributed by atoms with Crippen molar-refractivity contribution in [2.45, 2.75) is 128 Å². The Hall–Kier alpha value is -8.73. The summed E-state index contributed by atoms with van der Waals surface area (Å²) in [5.74, 6) is 1.68. The first-order valence-electron chi connectivity index (χ1n) is 31.1. The maximum atomic E-state index is 13.5. The monoisotopic (exact) mass is 1480 g/mol. The van der Waals surface area contributed by atoms with Crippen LogP contribution in [0, 0.1) is 49.1 Å². The zero-order valence-electron chi connectivity index (χ0n) is 54.7. The van der Waals surface area contributed by atoms with Crippen LogP contribution in [-0.4, -0.2) is 170 Å². The largest absolute Gasteiger partial charge is 0.504 e. The fourth-order valence-corrected chi connectivity index (χ4v) is 16.5. The van der Waals surface area contributed by atoms with Gasteiger partial charge in [-0.2, -0.15) is 5.26 Å². The van der Waals surface area contributed by atoms with E-state index in [9.17, 15) is 39.8 Å². The quantitative estimate of drug-likeness (QED) is 0.0202. The van der Waals surface area contributed by atoms with E-state index in [-0.39, 0.29) is 106 Å². The molecule has 0 spiro atoms. The van der Waals surface area contributed by atoms with Crippen molar-refractivity contribution in [2.75, 3.05) is 55.0 Å². The summed E-state index contributed by atoms with van der Waals surface area (Å²) in [5.41, 5.74) is 9.39. The Morgan fingerprint density at radius 1 is 0.663 bits per heavy atom. The first-order chi connectivity index (χ1) is 46.3. The molecular formula is C67H70AgCl2N10O18. The number of aromatic nitrogens is 2. The molecule has 0 saturated carbocycles. The molecule has 4 bridgehead atoms. The number of hydrogen-bond donors (Lipinski definition) is 6. The van der Waals surface area contributed by atoms with Gasteiger partial charge >= 0.3 is 11.9 Å². The number of pyridine rings is 2. The average molecular weight is 1480 g/mol. The van der Waals surface area contributed by atoms with Gasteiger partial charge in [-0.05, 0) is 114 Å². The molecule has 1 radical (unpaired) electrons. The number of methoxy groups -OCH3 is 2. The van der Waals surface area contributed by atoms with Crippen LogP contribution in [0.1, 0.15) is 125 Å². The Kier molecular flexibility index (Phi) is 20.1. The number of nitriles is 1. The van der Waals surface area contributed by atoms with Crippen LogP contribution in [0.15, 0.2) is 48.8 Å². The molecule has 98 heavy (non-hydrogen) atoms. The van der Waals surface area contributed by atoms with Gasteiger partial charge in [0.2, 0.25) is 13.6 Å². The Morgan fingerprint density at radius 2 is 1.06 bits per heavy atom. The number of nitrogens with zero attached hydrogens (tertiary/aromatic N) is 8. The van der Waals surface area contributed by atoms with Gasteiger partial charge in [-0.3, -0.25) is 38.8 Å². The van der Waals surface area contributed by atoms with Crippen molar-refractivity contribution in [3.63, 3.8) is 0 Å². The van der Waals surface area contributed by atoms with Crippen molar-refractivity contribution in [3.8, 4) is 63.6 Å². The molecule has 2 aromatic heterocycles. The van der Waals surface area contributed by atoms with Gasteiger partial charge in [-0.25, -0.2) is 9.97 Å². The van der Waals surface area contributed by atoms with Crippen molar-refractivity contribution in [3.05, 3.63) is 147 Å². The Morgan fingerprint density at radius 3 is 1.47 bits per heavy atom. The van der Waals surface area contributed by atoms with Gasteiger partial charge in [0.15, 0.2) is 46.0 Å². The number of phenolic OH excluding ortho intramolecular Hbond substituents is 2. The van der Waals surface area contributed by atoms with Gasteiger partial charge in [-0.15, -0.1) is 10.1 Å². The Labute approximate surface area is 587 Å². The topological polar surface area (TPSA) is 353 Å². The number of ether oxygens (including phenoxy) is 8. The van der Waals surface area contributed by atoms with Crippen LogP contribution in [-0.2, 0) is 57.7 Å². The summed E-state index contributed by atoms with van der Waals surface area (Å²) >= 11 is 12.5. The molecule has 28 nitrogen and oxygen atoms in total. The summed E-state index contributed by atoms with van der Waals surface area (Å²) in [4.78, 5) is 76.6. The van der Waals surface area contributed by atoms with Gasteiger partial charge in [0, 0.05) is 124 Å². The smallest absolute Gasteiger partial charge is 0.308 e. The third-order valence-corrected chi connectivity index (χ3v) is 20.4. The number of carbonyl (C=O) groups excluding carboxylic acids is 4. The fraction of sp³-hybridized carbons (Fsp3) is 0.418. The van der Waals surface area contributed by atoms with Gasteiger partial charge in [-0.1, -0.05) is 35.3 Å². The van der Waals surface area contributed by atoms with Gasteiger partial charge in [0.25, 0.3) is 16.9 Å². The number of hydrogen-bond acceptors (Lipinski definition) is 24. The second-order valence-corrected chi connectivity index (χ2v) is 25.6. The Balaban J connectivity index is 0.000000186. The van der Waals surface area contributed by atoms with Crippen LogP contribution < -0.4 is 48.5 Å². The van der Waals surface area contributed by atoms with E-state index in [1.165, 1.54) is 40.5 Å². The minimum absolute atomic E-state index is 0. The number of benzene rings is 4. The van der Waals surface area contributed by atoms with Crippen molar-refractivity contribution in [1.29, 1.82) is 5.26 Å². The fourth-order valence-electron chi connectivity index (χ4n) is 16.1. The number of halogens is 2. The summed E-state index contributed by atoms with van der Waals surface area (Å²) in [6, 6.07) is 9.01. The molecule has 2 fully saturated rings. The standard InChI is InChI=1S/C34H34ClN5O7.C33H35ClN4O8.Ag.HNO3/c1-15-9-18-10-21-23(12-36)40-22(27(39(21)4)25(18)28(42)29(15)44-5)11-20-26(24(40)13-38-34(43)19-7-6-8-37-33(19)35)32-31(45-14-46-32)16(2)30(20)47-17(3)41;1-14-9-17-10-21-33(42)38-20(25(37(21)4)23(17)26(40)27(14)43-5)11-19-24(22(38)12-36-32(41)18-7-6-8-35-31(18)34)30-29(44-13-45-30)15(2)28(19)46-16(3)39;;2-1(3)4/h6-9,21-24,27,42H,10-11,13-14H2,1-5H3,(H,38,43);6-9,20-22,25,33,40,42H,10-13H2,1-5H3,(H,36,41);;(H,2,3,4)/t21-,22?,23-,24-,27-;20?,21-,22-,25-,33-;;/m00../s1. The molecule has 521 valence electrons. The third-order valence-electron chi connectivity index (χ3n) is 19.8. The molecule has 2 saturated heterocycles. The number of aryl methyl sites for hydroxylation is 2. The number of fused-ring (bicyclic) bond motifs is 18. The second-order valence-electron chi connectivity index (χ2n) is 24.9. The molecule has 0 aliphatic carbocycles. The summed E-state index contributed by atoms with van der Waals surface area (Å²) in [6.45, 7) is 10.1. The molecule has 10 heterocycles. The molecule has 8 aliphatic heterocycles. The van der Waals surface area contributed by atoms with Gasteiger partial charge in [0.05, 0.1) is 61.6 Å². The molecule has 2 unspecified atom stereocenters. The third kappa shape index (κ3) is 11.9. The zero-order valence-corrected chi connectivity index (χ0v) is 57.7. The van der Waals surface area contributed by atoms with E-state index >= 15 is 0 Å². The predicted molar refractivity (Wildman–Crippen MR) is 343 cm³/mol. The van der Waals surface area contributed by atoms with E-state index in [2.05, 4.69) is 41.4 Å². The molecule has 6 aromatic rings. The minimum Gasteiger partial charge on any atom is -0.504 e. The molecule has 14 rings (SSSR count). The zero-order chi connectivity index (χ0) is 69.5. The molecule has 6 N–H and O–H groups in total. The van der Waals surface area contributed by atoms with Crippen LogP contribution in [0.25, 0.3) is 0 Å². The summed E-state index contributed by atoms with van der Waals surface area (Å²) in [5, 5.41) is 66.1. The minimum atomic E-state index is -1.50. The Bertz CT molecular complexity index is 4310. The van der Waals surface area contributed by atoms with Crippen molar-refractivity contribution >= 4 is 47.0 Å². The molecule has 4 aromatic carbocycles. The van der Waals surface area contributed by atoms with Crippen LogP contribution in [0.5, 0.6) is 57.5 Å². The number of rotatable bonds is 10. The molecule has 8 aliphatic rings. The average Bonchev–Trinajstić information content (AvgIpc) is 0.876. The number of aliphatic hydroxyl groups is 1. The van der Waals surface area contributed by atoms with Crippen molar-refractivity contribution in [2.24, 2.45) is 0 Å². The number of piperazine rings is 2. The van der Waals surface area contributed by atoms with E-state index in [4.69, 9.17) is 76.4 Å². The number of aromatic hydroxyl groups is 2. The van der Waals surface area contributed by atoms with E-state index < -0.39 is 65.3 Å². The maximum absolute atomic E-state index is 13.5. The molecular weight excluding hydrogens is 1410 g/mol. The molecule has 2 amide bonds. The summed E-state index contributed by atoms with van der Waals surface area (Å²) in [7, 11) is 6.98. The predicted octanol–water partition coefficient (Wildman–Crippen LogP) is 6.92. The van der Waals surface area contributed by atoms with E-state index in [1.807, 2.05) is 58.8 Å². The van der Waals surface area contributed by atoms with E-state index in [1.54, 1.807) is 24.3 Å². The number of esters is 2. The van der Waals surface area contributed by atoms with Crippen LogP contribution in [0.3, 0.4) is 0 Å². The number of carbonyl (C=O) groups is 4. The van der Waals surface area contributed by atoms with Crippen LogP contribution in [0.2, 0.25) is 10.3 Å². The summed E-state index contributed by atoms with van der Waals surface area (Å²) in [6.07, 6.45) is 3.72. The number of likely N-dealkylation sites (N-methyl/N-ethyl adjacent to an activating group) is 2. The normalized spacial score (nSPS) is 23.2. The van der Waals surface area contributed by atoms with Crippen LogP contribution in [0.4, 0.5) is 0 Å². The second kappa shape index (κ2) is 27.9. The maximum Gasteiger partial charge on any atom is 0.308 e. The number of amides is 2. The van der Waals surface area contributed by atoms with E-state index in [0.717, 1.165) is 38.9 Å². The van der Waals surface area contributed by atoms with Crippen molar-refractivity contribution < 1.29 is 105 Å². The van der Waals surface area contributed by atoms with Crippen LogP contribution >= 0.6 is 23.2 Å². The van der Waals surface area contributed by atoms with Gasteiger partial charge in [0.1, 0.15) is 34.1 Å². The summed E-state index contributed by atoms with van der Waals surface area (Å²) < 4.78 is 46.9. The first-order valence-corrected chi connectivity index (χ1v) is 31.8. The van der Waals surface area contributed by atoms with Gasteiger partial charge < -0.3 is 69.1 Å². The number of aliphatic hydroxyl groups excluding tert-OH is 1. The SMILES string of the molecule is COc1c(C)cc2c(c1O)[C@@H]1C3Cc4c(OC(C)=O)c(C)c5c(c4[C@H](CNC(=O)c4cccnc4Cl)N3[C@@H](C#N)[C@H](C2)N1C)OCO5.COc1c(C)cc2c(c1O)[C@@H]1C3Cc4c(OC(C)=O)c(C)c5c(c4[C@H](CNC(=O)c4cccnc4Cl)N3[C@@H](O)[C@H](C2)N1C)OCO5.O=[N+]([O-])O.[Ag]. The molecule has 10 atom stereocenters. The van der Waals surface area contributed by atoms with E-state index in [0.29, 0.717) is 99.5 Å². The first kappa shape index (κ1) is 70.6. The van der Waals surface area contributed by atoms with Crippen molar-refractivity contribution in [1.82, 2.24) is 40.2 Å². The number of nitrogens with one attached hydrogen (secondary N) is 2.